The number of carbonyl (C=O) groups excluding carboxylic acids is 5. The Morgan fingerprint density at radius 2 is 1.68 bits per heavy atom. The van der Waals surface area contributed by atoms with E-state index in [0.717, 1.165) is 38.5 Å². The first-order chi connectivity index (χ1) is 21.1. The molecule has 4 fully saturated rings. The number of amides is 1. The van der Waals surface area contributed by atoms with Crippen molar-refractivity contribution >= 4 is 36.8 Å². The third-order valence-corrected chi connectivity index (χ3v) is 12.5. The highest BCUT2D eigenvalue weighted by atomic mass is 16.5. The van der Waals surface area contributed by atoms with Gasteiger partial charge in [0, 0.05) is 23.3 Å². The Labute approximate surface area is 260 Å². The van der Waals surface area contributed by atoms with Gasteiger partial charge < -0.3 is 19.5 Å². The van der Waals surface area contributed by atoms with Gasteiger partial charge in [0.25, 0.3) is 19.4 Å². The van der Waals surface area contributed by atoms with Crippen LogP contribution in [0.25, 0.3) is 0 Å². The van der Waals surface area contributed by atoms with Crippen molar-refractivity contribution in [2.45, 2.75) is 104 Å². The maximum absolute atomic E-state index is 13.0. The summed E-state index contributed by atoms with van der Waals surface area (Å²) < 4.78 is 17.2. The van der Waals surface area contributed by atoms with Crippen LogP contribution in [0.3, 0.4) is 0 Å². The van der Waals surface area contributed by atoms with Crippen molar-refractivity contribution in [3.8, 4) is 0 Å². The highest BCUT2D eigenvalue weighted by molar-refractivity contribution is 6.03. The van der Waals surface area contributed by atoms with Crippen LogP contribution in [0, 0.1) is 46.3 Å². The van der Waals surface area contributed by atoms with Crippen LogP contribution in [0.4, 0.5) is 5.69 Å². The molecule has 1 aromatic rings. The molecule has 0 saturated heterocycles. The molecule has 4 aliphatic rings. The van der Waals surface area contributed by atoms with E-state index in [1.807, 2.05) is 0 Å². The lowest BCUT2D eigenvalue weighted by atomic mass is 9.43. The predicted molar refractivity (Wildman–Crippen MR) is 162 cm³/mol. The molecular weight excluding hydrogens is 562 g/mol. The number of rotatable bonds is 12. The number of ketones is 1. The number of benzene rings is 1. The SMILES string of the molecule is CC(=O)c1ccccc1NC(=O)CC[C@@H](C)[C@H]1CC[C@H]2[C@@H]3[C@H](OC=O)C[C@@H]4C[C@H](OC=O)CC[C@]4(C)[C@H]3C[C@H](OC=O)[C@]12C. The first kappa shape index (κ1) is 32.2. The predicted octanol–water partition coefficient (Wildman–Crippen LogP) is 5.75. The minimum absolute atomic E-state index is 0.0417. The van der Waals surface area contributed by atoms with E-state index in [1.165, 1.54) is 6.92 Å². The average molecular weight is 610 g/mol. The van der Waals surface area contributed by atoms with E-state index in [4.69, 9.17) is 14.2 Å². The van der Waals surface area contributed by atoms with Gasteiger partial charge in [0.1, 0.15) is 18.3 Å². The highest BCUT2D eigenvalue weighted by Crippen LogP contribution is 2.69. The number of Topliss-reactive ketones (excluding diaryl/α,β-unsaturated/α-hetero) is 1. The van der Waals surface area contributed by atoms with E-state index in [1.54, 1.807) is 24.3 Å². The second-order valence-corrected chi connectivity index (χ2v) is 14.3. The molecule has 240 valence electrons. The van der Waals surface area contributed by atoms with Crippen molar-refractivity contribution in [1.29, 1.82) is 0 Å². The summed E-state index contributed by atoms with van der Waals surface area (Å²) in [4.78, 5) is 59.8. The third kappa shape index (κ3) is 5.67. The first-order valence-corrected chi connectivity index (χ1v) is 16.3. The average Bonchev–Trinajstić information content (AvgIpc) is 3.35. The van der Waals surface area contributed by atoms with Crippen LogP contribution in [0.15, 0.2) is 24.3 Å². The van der Waals surface area contributed by atoms with Crippen molar-refractivity contribution in [3.63, 3.8) is 0 Å². The van der Waals surface area contributed by atoms with Crippen LogP contribution < -0.4 is 5.32 Å². The topological polar surface area (TPSA) is 125 Å². The number of para-hydroxylation sites is 1. The summed E-state index contributed by atoms with van der Waals surface area (Å²) in [7, 11) is 0. The largest absolute Gasteiger partial charge is 0.465 e. The lowest BCUT2D eigenvalue weighted by Crippen LogP contribution is -2.63. The molecular formula is C35H47NO8. The molecule has 0 unspecified atom stereocenters. The molecule has 0 aliphatic heterocycles. The van der Waals surface area contributed by atoms with Crippen LogP contribution in [0.5, 0.6) is 0 Å². The van der Waals surface area contributed by atoms with Gasteiger partial charge in [-0.3, -0.25) is 24.0 Å². The number of anilines is 1. The van der Waals surface area contributed by atoms with Gasteiger partial charge in [0.15, 0.2) is 5.78 Å². The van der Waals surface area contributed by atoms with Crippen LogP contribution in [0.2, 0.25) is 0 Å². The summed E-state index contributed by atoms with van der Waals surface area (Å²) in [6.45, 7) is 9.96. The van der Waals surface area contributed by atoms with Crippen molar-refractivity contribution in [2.75, 3.05) is 5.32 Å². The molecule has 0 spiro atoms. The van der Waals surface area contributed by atoms with E-state index in [2.05, 4.69) is 26.1 Å². The standard InChI is InChI=1S/C35H47NO8/c1-21(9-12-32(41)36-29-8-6-5-7-25(29)22(2)40)26-10-11-27-33-28(17-31(44-20-39)35(26,27)4)34(3)14-13-24(42-18-37)15-23(34)16-30(33)43-19-38/h5-8,18-21,23-24,26-28,30-31,33H,9-17H2,1-4H3,(H,36,41)/t21-,23+,24-,26-,27+,28+,30-,31+,33+,34+,35-/m1/s1. The van der Waals surface area contributed by atoms with E-state index in [9.17, 15) is 24.0 Å². The maximum atomic E-state index is 13.0. The zero-order valence-electron chi connectivity index (χ0n) is 26.4. The number of nitrogens with one attached hydrogen (secondary N) is 1. The minimum atomic E-state index is -0.329. The van der Waals surface area contributed by atoms with E-state index in [-0.39, 0.29) is 76.3 Å². The maximum Gasteiger partial charge on any atom is 0.293 e. The molecule has 1 N–H and O–H groups in total. The molecule has 0 aromatic heterocycles. The van der Waals surface area contributed by atoms with Gasteiger partial charge in [0.2, 0.25) is 5.91 Å². The fraction of sp³-hybridized carbons (Fsp3) is 0.686. The van der Waals surface area contributed by atoms with Gasteiger partial charge in [0.05, 0.1) is 5.69 Å². The van der Waals surface area contributed by atoms with Crippen LogP contribution >= 0.6 is 0 Å². The fourth-order valence-corrected chi connectivity index (χ4v) is 10.4. The molecule has 9 heteroatoms. The molecule has 4 saturated carbocycles. The third-order valence-electron chi connectivity index (χ3n) is 12.5. The van der Waals surface area contributed by atoms with Crippen LogP contribution in [-0.4, -0.2) is 49.4 Å². The Morgan fingerprint density at radius 3 is 2.39 bits per heavy atom. The molecule has 0 radical (unpaired) electrons. The molecule has 5 rings (SSSR count). The number of hydrogen-bond acceptors (Lipinski definition) is 8. The van der Waals surface area contributed by atoms with Gasteiger partial charge in [-0.25, -0.2) is 0 Å². The van der Waals surface area contributed by atoms with E-state index in [0.29, 0.717) is 49.9 Å². The van der Waals surface area contributed by atoms with Gasteiger partial charge in [-0.1, -0.05) is 32.9 Å². The first-order valence-electron chi connectivity index (χ1n) is 16.3. The van der Waals surface area contributed by atoms with Gasteiger partial charge in [-0.2, -0.15) is 0 Å². The van der Waals surface area contributed by atoms with E-state index < -0.39 is 0 Å². The Balaban J connectivity index is 1.35. The molecule has 1 aromatic carbocycles. The minimum Gasteiger partial charge on any atom is -0.465 e. The van der Waals surface area contributed by atoms with Gasteiger partial charge in [-0.15, -0.1) is 0 Å². The van der Waals surface area contributed by atoms with Gasteiger partial charge >= 0.3 is 0 Å². The summed E-state index contributed by atoms with van der Waals surface area (Å²) in [5, 5.41) is 2.92. The van der Waals surface area contributed by atoms with Crippen LogP contribution in [0.1, 0.15) is 95.8 Å². The summed E-state index contributed by atoms with van der Waals surface area (Å²) in [6.07, 6.45) is 6.11. The van der Waals surface area contributed by atoms with Crippen molar-refractivity contribution < 1.29 is 38.2 Å². The lowest BCUT2D eigenvalue weighted by molar-refractivity contribution is -0.218. The summed E-state index contributed by atoms with van der Waals surface area (Å²) in [5.74, 6) is 0.944. The zero-order chi connectivity index (χ0) is 31.6. The number of carbonyl (C=O) groups is 5. The Bertz CT molecular complexity index is 1250. The molecule has 0 heterocycles. The summed E-state index contributed by atoms with van der Waals surface area (Å²) in [6, 6.07) is 7.04. The second kappa shape index (κ2) is 13.0. The Hall–Kier alpha value is -3.23. The highest BCUT2D eigenvalue weighted by Gasteiger charge is 2.67. The van der Waals surface area contributed by atoms with E-state index >= 15 is 0 Å². The van der Waals surface area contributed by atoms with Crippen molar-refractivity contribution in [1.82, 2.24) is 0 Å². The number of fused-ring (bicyclic) bond motifs is 5. The second-order valence-electron chi connectivity index (χ2n) is 14.3. The zero-order valence-corrected chi connectivity index (χ0v) is 26.4. The normalized spacial score (nSPS) is 38.1. The molecule has 9 nitrogen and oxygen atoms in total. The lowest BCUT2D eigenvalue weighted by Gasteiger charge is -2.64. The number of hydrogen-bond donors (Lipinski definition) is 1. The smallest absolute Gasteiger partial charge is 0.293 e. The molecule has 1 amide bonds. The van der Waals surface area contributed by atoms with Crippen molar-refractivity contribution in [2.24, 2.45) is 46.3 Å². The molecule has 44 heavy (non-hydrogen) atoms. The van der Waals surface area contributed by atoms with Crippen molar-refractivity contribution in [3.05, 3.63) is 29.8 Å². The van der Waals surface area contributed by atoms with Crippen LogP contribution in [-0.2, 0) is 33.4 Å². The number of ether oxygens (including phenoxy) is 3. The molecule has 11 atom stereocenters. The molecule has 0 bridgehead atoms. The fourth-order valence-electron chi connectivity index (χ4n) is 10.4. The monoisotopic (exact) mass is 609 g/mol. The quantitative estimate of drug-likeness (QED) is 0.181. The summed E-state index contributed by atoms with van der Waals surface area (Å²) >= 11 is 0. The Morgan fingerprint density at radius 1 is 0.955 bits per heavy atom. The Kier molecular flexibility index (Phi) is 9.52. The summed E-state index contributed by atoms with van der Waals surface area (Å²) in [5.41, 5.74) is 0.649. The van der Waals surface area contributed by atoms with Gasteiger partial charge in [-0.05, 0) is 105 Å². The molecule has 4 aliphatic carbocycles.